The fourth-order valence-corrected chi connectivity index (χ4v) is 4.22. The highest BCUT2D eigenvalue weighted by Crippen LogP contribution is 2.37. The Bertz CT molecular complexity index is 884. The van der Waals surface area contributed by atoms with Crippen LogP contribution in [0.1, 0.15) is 12.0 Å². The lowest BCUT2D eigenvalue weighted by molar-refractivity contribution is -0.132. The van der Waals surface area contributed by atoms with E-state index in [9.17, 15) is 9.90 Å². The molecule has 1 atom stereocenters. The Morgan fingerprint density at radius 3 is 2.86 bits per heavy atom. The van der Waals surface area contributed by atoms with Crippen LogP contribution in [0.3, 0.4) is 0 Å². The van der Waals surface area contributed by atoms with E-state index in [1.807, 2.05) is 35.2 Å². The maximum absolute atomic E-state index is 12.7. The van der Waals surface area contributed by atoms with E-state index in [2.05, 4.69) is 20.2 Å². The van der Waals surface area contributed by atoms with Gasteiger partial charge in [-0.25, -0.2) is 4.98 Å². The van der Waals surface area contributed by atoms with Crippen molar-refractivity contribution < 1.29 is 14.6 Å². The standard InChI is InChI=1S/C21H27N5O3/c1-22-19(28)21(11-15-4-3-5-17(10-15)29-2)13-26(14-21)20-23-8-6-18(24-20)25-9-7-16(27)12-25/h3-6,8,10,16,27H,7,9,11-14H2,1-2H3,(H,22,28). The molecule has 0 aliphatic carbocycles. The molecule has 1 aromatic carbocycles. The van der Waals surface area contributed by atoms with Crippen LogP contribution in [-0.4, -0.2) is 67.4 Å². The number of aliphatic hydroxyl groups is 1. The van der Waals surface area contributed by atoms with Gasteiger partial charge in [0.05, 0.1) is 18.6 Å². The van der Waals surface area contributed by atoms with Crippen LogP contribution < -0.4 is 19.9 Å². The van der Waals surface area contributed by atoms with Crippen molar-refractivity contribution in [2.75, 3.05) is 50.1 Å². The van der Waals surface area contributed by atoms with Crippen molar-refractivity contribution in [1.82, 2.24) is 15.3 Å². The van der Waals surface area contributed by atoms with E-state index in [1.54, 1.807) is 20.4 Å². The molecule has 2 aliphatic heterocycles. The molecular formula is C21H27N5O3. The number of nitrogens with one attached hydrogen (secondary N) is 1. The Labute approximate surface area is 170 Å². The second-order valence-electron chi connectivity index (χ2n) is 7.85. The maximum Gasteiger partial charge on any atom is 0.229 e. The van der Waals surface area contributed by atoms with Gasteiger partial charge in [-0.05, 0) is 36.6 Å². The lowest BCUT2D eigenvalue weighted by atomic mass is 9.74. The molecule has 0 radical (unpaired) electrons. The number of nitrogens with zero attached hydrogens (tertiary/aromatic N) is 4. The molecule has 1 unspecified atom stereocenters. The van der Waals surface area contributed by atoms with Gasteiger partial charge < -0.3 is 25.0 Å². The predicted octanol–water partition coefficient (Wildman–Crippen LogP) is 0.851. The number of hydrogen-bond acceptors (Lipinski definition) is 7. The third kappa shape index (κ3) is 3.85. The second-order valence-corrected chi connectivity index (χ2v) is 7.85. The highest BCUT2D eigenvalue weighted by atomic mass is 16.5. The van der Waals surface area contributed by atoms with Crippen LogP contribution >= 0.6 is 0 Å². The third-order valence-electron chi connectivity index (χ3n) is 5.77. The summed E-state index contributed by atoms with van der Waals surface area (Å²) in [5.41, 5.74) is 0.540. The fourth-order valence-electron chi connectivity index (χ4n) is 4.22. The fraction of sp³-hybridized carbons (Fsp3) is 0.476. The molecule has 2 saturated heterocycles. The molecule has 3 heterocycles. The molecule has 29 heavy (non-hydrogen) atoms. The molecule has 4 rings (SSSR count). The van der Waals surface area contributed by atoms with Crippen LogP contribution in [0, 0.1) is 5.41 Å². The first-order valence-corrected chi connectivity index (χ1v) is 9.89. The summed E-state index contributed by atoms with van der Waals surface area (Å²) in [6.45, 7) is 2.48. The topological polar surface area (TPSA) is 90.8 Å². The number of ether oxygens (including phenoxy) is 1. The summed E-state index contributed by atoms with van der Waals surface area (Å²) in [6.07, 6.45) is 2.81. The van der Waals surface area contributed by atoms with Gasteiger partial charge in [0.1, 0.15) is 11.6 Å². The number of carbonyl (C=O) groups excluding carboxylic acids is 1. The van der Waals surface area contributed by atoms with E-state index in [1.165, 1.54) is 0 Å². The number of β-amino-alcohol motifs (C(OH)–C–C–N with tert-alkyl or cyclic N) is 1. The summed E-state index contributed by atoms with van der Waals surface area (Å²) in [5, 5.41) is 12.6. The summed E-state index contributed by atoms with van der Waals surface area (Å²) < 4.78 is 5.31. The number of aliphatic hydroxyl groups excluding tert-OH is 1. The van der Waals surface area contributed by atoms with Crippen molar-refractivity contribution >= 4 is 17.7 Å². The SMILES string of the molecule is CNC(=O)C1(Cc2cccc(OC)c2)CN(c2nccc(N3CCC(O)C3)n2)C1. The molecule has 0 saturated carbocycles. The first kappa shape index (κ1) is 19.4. The molecule has 154 valence electrons. The van der Waals surface area contributed by atoms with Crippen molar-refractivity contribution in [3.8, 4) is 5.75 Å². The molecular weight excluding hydrogens is 370 g/mol. The maximum atomic E-state index is 12.7. The van der Waals surface area contributed by atoms with Gasteiger partial charge >= 0.3 is 0 Å². The zero-order valence-corrected chi connectivity index (χ0v) is 16.8. The lowest BCUT2D eigenvalue weighted by Crippen LogP contribution is -2.64. The molecule has 2 aliphatic rings. The number of hydrogen-bond donors (Lipinski definition) is 2. The van der Waals surface area contributed by atoms with E-state index in [4.69, 9.17) is 4.74 Å². The number of carbonyl (C=O) groups is 1. The average Bonchev–Trinajstić information content (AvgIpc) is 3.16. The minimum atomic E-state index is -0.523. The molecule has 0 spiro atoms. The lowest BCUT2D eigenvalue weighted by Gasteiger charge is -2.48. The number of methoxy groups -OCH3 is 1. The number of aromatic nitrogens is 2. The number of benzene rings is 1. The first-order valence-electron chi connectivity index (χ1n) is 9.89. The first-order chi connectivity index (χ1) is 14.0. The van der Waals surface area contributed by atoms with Crippen LogP contribution in [-0.2, 0) is 11.2 Å². The number of anilines is 2. The van der Waals surface area contributed by atoms with Crippen LogP contribution in [0.5, 0.6) is 5.75 Å². The molecule has 1 aromatic heterocycles. The van der Waals surface area contributed by atoms with Crippen molar-refractivity contribution in [3.05, 3.63) is 42.1 Å². The summed E-state index contributed by atoms with van der Waals surface area (Å²) in [4.78, 5) is 25.9. The Kier molecular flexibility index (Phi) is 5.27. The minimum absolute atomic E-state index is 0.0235. The molecule has 8 heteroatoms. The third-order valence-corrected chi connectivity index (χ3v) is 5.77. The average molecular weight is 397 g/mol. The van der Waals surface area contributed by atoms with Gasteiger partial charge in [0.15, 0.2) is 0 Å². The van der Waals surface area contributed by atoms with Gasteiger partial charge in [-0.1, -0.05) is 12.1 Å². The molecule has 2 fully saturated rings. The molecule has 1 amide bonds. The van der Waals surface area contributed by atoms with Crippen LogP contribution in [0.2, 0.25) is 0 Å². The predicted molar refractivity (Wildman–Crippen MR) is 110 cm³/mol. The van der Waals surface area contributed by atoms with Crippen molar-refractivity contribution in [1.29, 1.82) is 0 Å². The van der Waals surface area contributed by atoms with Crippen molar-refractivity contribution in [3.63, 3.8) is 0 Å². The van der Waals surface area contributed by atoms with Gasteiger partial charge in [-0.3, -0.25) is 4.79 Å². The van der Waals surface area contributed by atoms with E-state index in [0.29, 0.717) is 32.0 Å². The van der Waals surface area contributed by atoms with E-state index >= 15 is 0 Å². The van der Waals surface area contributed by atoms with Gasteiger partial charge in [-0.2, -0.15) is 4.98 Å². The molecule has 0 bridgehead atoms. The van der Waals surface area contributed by atoms with Crippen molar-refractivity contribution in [2.45, 2.75) is 18.9 Å². The minimum Gasteiger partial charge on any atom is -0.497 e. The number of amides is 1. The number of rotatable bonds is 6. The van der Waals surface area contributed by atoms with E-state index < -0.39 is 5.41 Å². The van der Waals surface area contributed by atoms with E-state index in [0.717, 1.165) is 30.1 Å². The Hall–Kier alpha value is -2.87. The summed E-state index contributed by atoms with van der Waals surface area (Å²) in [6, 6.07) is 9.70. The largest absolute Gasteiger partial charge is 0.497 e. The Morgan fingerprint density at radius 1 is 1.34 bits per heavy atom. The van der Waals surface area contributed by atoms with Crippen LogP contribution in [0.4, 0.5) is 11.8 Å². The smallest absolute Gasteiger partial charge is 0.229 e. The molecule has 8 nitrogen and oxygen atoms in total. The normalized spacial score (nSPS) is 20.3. The van der Waals surface area contributed by atoms with E-state index in [-0.39, 0.29) is 12.0 Å². The summed E-state index contributed by atoms with van der Waals surface area (Å²) in [7, 11) is 3.32. The van der Waals surface area contributed by atoms with Crippen molar-refractivity contribution in [2.24, 2.45) is 5.41 Å². The highest BCUT2D eigenvalue weighted by molar-refractivity contribution is 5.86. The molecule has 2 aromatic rings. The summed E-state index contributed by atoms with van der Waals surface area (Å²) >= 11 is 0. The van der Waals surface area contributed by atoms with Crippen LogP contribution in [0.15, 0.2) is 36.5 Å². The van der Waals surface area contributed by atoms with Gasteiger partial charge in [0.2, 0.25) is 11.9 Å². The summed E-state index contributed by atoms with van der Waals surface area (Å²) in [5.74, 6) is 2.25. The van der Waals surface area contributed by atoms with Gasteiger partial charge in [0, 0.05) is 39.4 Å². The highest BCUT2D eigenvalue weighted by Gasteiger charge is 2.49. The molecule has 2 N–H and O–H groups in total. The monoisotopic (exact) mass is 397 g/mol. The Balaban J connectivity index is 1.50. The van der Waals surface area contributed by atoms with Crippen LogP contribution in [0.25, 0.3) is 0 Å². The second kappa shape index (κ2) is 7.87. The zero-order chi connectivity index (χ0) is 20.4. The van der Waals surface area contributed by atoms with Gasteiger partial charge in [-0.15, -0.1) is 0 Å². The quantitative estimate of drug-likeness (QED) is 0.747. The Morgan fingerprint density at radius 2 is 2.17 bits per heavy atom. The van der Waals surface area contributed by atoms with Gasteiger partial charge in [0.25, 0.3) is 0 Å². The zero-order valence-electron chi connectivity index (χ0n) is 16.8.